The van der Waals surface area contributed by atoms with Crippen LogP contribution in [0, 0.1) is 0 Å². The van der Waals surface area contributed by atoms with E-state index in [2.05, 4.69) is 13.2 Å². The Hall–Kier alpha value is -1.45. The number of carbonyl (C=O) groups is 2. The molecule has 0 bridgehead atoms. The molecule has 0 aromatic carbocycles. The van der Waals surface area contributed by atoms with Crippen molar-refractivity contribution in [1.82, 2.24) is 0 Å². The molecule has 0 radical (unpaired) electrons. The van der Waals surface area contributed by atoms with Crippen molar-refractivity contribution in [3.8, 4) is 0 Å². The van der Waals surface area contributed by atoms with Crippen LogP contribution in [0.4, 0.5) is 0 Å². The minimum absolute atomic E-state index is 0.0346. The smallest absolute Gasteiger partial charge is 0.463 e. The summed E-state index contributed by atoms with van der Waals surface area (Å²) in [5, 5.41) is 0. The minimum atomic E-state index is -4.68. The summed E-state index contributed by atoms with van der Waals surface area (Å²) in [5.74, 6) is -4.16. The highest BCUT2D eigenvalue weighted by atomic mass is 31.2. The molecule has 30 heavy (non-hydrogen) atoms. The maximum atomic E-state index is 11.6. The lowest BCUT2D eigenvalue weighted by Gasteiger charge is -2.19. The van der Waals surface area contributed by atoms with Crippen molar-refractivity contribution in [2.24, 2.45) is 0 Å². The van der Waals surface area contributed by atoms with Crippen molar-refractivity contribution in [2.75, 3.05) is 26.4 Å². The second-order valence-corrected chi connectivity index (χ2v) is 8.94. The number of rotatable bonds is 16. The lowest BCUT2D eigenvalue weighted by molar-refractivity contribution is -0.140. The Morgan fingerprint density at radius 1 is 0.967 bits per heavy atom. The molecule has 0 aliphatic carbocycles. The van der Waals surface area contributed by atoms with E-state index in [4.69, 9.17) is 18.9 Å². The predicted octanol–water partition coefficient (Wildman–Crippen LogP) is 1.99. The number of esters is 2. The summed E-state index contributed by atoms with van der Waals surface area (Å²) in [4.78, 5) is 51.2. The summed E-state index contributed by atoms with van der Waals surface area (Å²) in [6.45, 7) is 9.59. The van der Waals surface area contributed by atoms with Crippen LogP contribution >= 0.6 is 15.6 Å². The van der Waals surface area contributed by atoms with Crippen LogP contribution in [0.3, 0.4) is 0 Å². The summed E-state index contributed by atoms with van der Waals surface area (Å²) in [5.41, 5.74) is -0.139. The molecule has 3 N–H and O–H groups in total. The van der Waals surface area contributed by atoms with Crippen LogP contribution in [-0.2, 0) is 37.7 Å². The first-order valence-corrected chi connectivity index (χ1v) is 12.0. The van der Waals surface area contributed by atoms with Gasteiger partial charge >= 0.3 is 27.6 Å². The predicted molar refractivity (Wildman–Crippen MR) is 107 cm³/mol. The van der Waals surface area contributed by atoms with Gasteiger partial charge in [-0.3, -0.25) is 4.57 Å². The summed E-state index contributed by atoms with van der Waals surface area (Å²) in [7, 11) is -7.47. The Kier molecular flexibility index (Phi) is 13.8. The zero-order valence-corrected chi connectivity index (χ0v) is 18.8. The third-order valence-corrected chi connectivity index (χ3v) is 5.61. The van der Waals surface area contributed by atoms with Crippen LogP contribution in [0.15, 0.2) is 24.3 Å². The molecular formula is C17H29O11P2+. The number of carbonyl (C=O) groups excluding carboxylic acids is 2. The first-order chi connectivity index (χ1) is 13.9. The average Bonchev–Trinajstić information content (AvgIpc) is 2.65. The van der Waals surface area contributed by atoms with Gasteiger partial charge in [-0.2, -0.15) is 4.89 Å². The van der Waals surface area contributed by atoms with E-state index in [0.29, 0.717) is 0 Å². The van der Waals surface area contributed by atoms with Gasteiger partial charge in [-0.15, -0.1) is 0 Å². The molecule has 0 fully saturated rings. The van der Waals surface area contributed by atoms with E-state index >= 15 is 0 Å². The van der Waals surface area contributed by atoms with Gasteiger partial charge in [0.25, 0.3) is 5.85 Å². The van der Waals surface area contributed by atoms with Gasteiger partial charge in [-0.1, -0.05) is 13.2 Å². The molecule has 0 saturated heterocycles. The van der Waals surface area contributed by atoms with Crippen molar-refractivity contribution >= 4 is 27.6 Å². The first kappa shape index (κ1) is 28.5. The molecule has 3 atom stereocenters. The molecule has 0 amide bonds. The Bertz CT molecular complexity index is 671. The van der Waals surface area contributed by atoms with Gasteiger partial charge in [0, 0.05) is 6.42 Å². The molecule has 0 rings (SSSR count). The lowest BCUT2D eigenvalue weighted by Crippen LogP contribution is -2.20. The first-order valence-electron chi connectivity index (χ1n) is 9.07. The van der Waals surface area contributed by atoms with E-state index in [-0.39, 0.29) is 50.2 Å². The van der Waals surface area contributed by atoms with Crippen molar-refractivity contribution in [3.63, 3.8) is 0 Å². The fourth-order valence-corrected chi connectivity index (χ4v) is 3.44. The highest BCUT2D eigenvalue weighted by Crippen LogP contribution is 2.45. The molecule has 0 aliphatic heterocycles. The largest absolute Gasteiger partial charge is 0.537 e. The molecule has 11 nitrogen and oxygen atoms in total. The molecule has 0 aromatic heterocycles. The molecule has 0 aromatic rings. The normalized spacial score (nSPS) is 13.8. The summed E-state index contributed by atoms with van der Waals surface area (Å²) in [6.07, 6.45) is -0.164. The lowest BCUT2D eigenvalue weighted by atomic mass is 10.2. The summed E-state index contributed by atoms with van der Waals surface area (Å²) < 4.78 is 42.9. The third-order valence-electron chi connectivity index (χ3n) is 3.55. The summed E-state index contributed by atoms with van der Waals surface area (Å²) >= 11 is 0. The van der Waals surface area contributed by atoms with Crippen LogP contribution in [0.5, 0.6) is 0 Å². The monoisotopic (exact) mass is 471 g/mol. The Morgan fingerprint density at radius 3 is 1.83 bits per heavy atom. The standard InChI is InChI=1S/C17H28O11P2/c1-5-25-16(18)12(3)10-27-14(29(20)21)8-7-9-15(30(22,23)24)28-11-13(4)17(19)26-6-2/h14-15H,3-11H2,1-2H3,(H2-,20,21,22,23,24)/p+1. The second-order valence-electron chi connectivity index (χ2n) is 6.00. The highest BCUT2D eigenvalue weighted by molar-refractivity contribution is 7.52. The van der Waals surface area contributed by atoms with Crippen molar-refractivity contribution in [1.29, 1.82) is 0 Å². The molecular weight excluding hydrogens is 442 g/mol. The zero-order valence-electron chi connectivity index (χ0n) is 17.0. The van der Waals surface area contributed by atoms with E-state index in [0.717, 1.165) is 0 Å². The van der Waals surface area contributed by atoms with Crippen molar-refractivity contribution < 1.29 is 52.3 Å². The van der Waals surface area contributed by atoms with E-state index < -0.39 is 45.9 Å². The minimum Gasteiger partial charge on any atom is -0.463 e. The molecule has 0 aliphatic rings. The Balaban J connectivity index is 4.70. The third kappa shape index (κ3) is 11.7. The average molecular weight is 471 g/mol. The molecule has 3 unspecified atom stereocenters. The van der Waals surface area contributed by atoms with Gasteiger partial charge in [0.2, 0.25) is 0 Å². The van der Waals surface area contributed by atoms with Gasteiger partial charge in [0.1, 0.15) is 0 Å². The van der Waals surface area contributed by atoms with Crippen molar-refractivity contribution in [2.45, 2.75) is 44.8 Å². The second kappa shape index (κ2) is 14.5. The quantitative estimate of drug-likeness (QED) is 0.171. The Morgan fingerprint density at radius 2 is 1.43 bits per heavy atom. The zero-order chi connectivity index (χ0) is 23.3. The van der Waals surface area contributed by atoms with Crippen LogP contribution in [-0.4, -0.2) is 64.7 Å². The maximum Gasteiger partial charge on any atom is 0.537 e. The SMILES string of the molecule is C=C(COC(CCCC(OCC(=C)C(=O)OCC)P(=O)(O)O)[P+](=O)O)C(=O)OCC. The Labute approximate surface area is 176 Å². The number of hydrogen-bond acceptors (Lipinski definition) is 8. The van der Waals surface area contributed by atoms with Crippen LogP contribution in [0.1, 0.15) is 33.1 Å². The summed E-state index contributed by atoms with van der Waals surface area (Å²) in [6, 6.07) is 0. The van der Waals surface area contributed by atoms with E-state index in [1.807, 2.05) is 0 Å². The fraction of sp³-hybridized carbons (Fsp3) is 0.647. The van der Waals surface area contributed by atoms with Gasteiger partial charge in [-0.05, 0) is 31.3 Å². The van der Waals surface area contributed by atoms with Gasteiger partial charge < -0.3 is 28.7 Å². The van der Waals surface area contributed by atoms with Crippen molar-refractivity contribution in [3.05, 3.63) is 24.3 Å². The van der Waals surface area contributed by atoms with E-state index in [9.17, 15) is 33.4 Å². The fourth-order valence-electron chi connectivity index (χ4n) is 2.05. The van der Waals surface area contributed by atoms with E-state index in [1.165, 1.54) is 0 Å². The van der Waals surface area contributed by atoms with Gasteiger partial charge in [-0.25, -0.2) is 9.59 Å². The topological polar surface area (TPSA) is 166 Å². The van der Waals surface area contributed by atoms with Crippen LogP contribution < -0.4 is 0 Å². The molecule has 13 heteroatoms. The molecule has 0 spiro atoms. The number of hydrogen-bond donors (Lipinski definition) is 3. The molecule has 0 saturated carbocycles. The maximum absolute atomic E-state index is 11.6. The molecule has 0 heterocycles. The van der Waals surface area contributed by atoms with Crippen LogP contribution in [0.2, 0.25) is 0 Å². The van der Waals surface area contributed by atoms with Gasteiger partial charge in [0.05, 0.1) is 37.6 Å². The van der Waals surface area contributed by atoms with E-state index in [1.54, 1.807) is 13.8 Å². The molecule has 172 valence electrons. The van der Waals surface area contributed by atoms with Crippen LogP contribution in [0.25, 0.3) is 0 Å². The number of ether oxygens (including phenoxy) is 4. The highest BCUT2D eigenvalue weighted by Gasteiger charge is 2.34. The van der Waals surface area contributed by atoms with Gasteiger partial charge in [0.15, 0.2) is 5.85 Å².